The van der Waals surface area contributed by atoms with Crippen molar-refractivity contribution in [3.63, 3.8) is 0 Å². The molecule has 7 heteroatoms. The number of carbonyl (C=O) groups is 1. The van der Waals surface area contributed by atoms with Crippen molar-refractivity contribution >= 4 is 33.7 Å². The monoisotopic (exact) mass is 319 g/mol. The van der Waals surface area contributed by atoms with Gasteiger partial charge in [0.1, 0.15) is 16.5 Å². The van der Waals surface area contributed by atoms with Crippen LogP contribution in [0.2, 0.25) is 0 Å². The molecular weight excluding hydrogens is 306 g/mol. The number of amides is 1. The average molecular weight is 319 g/mol. The molecule has 3 aromatic heterocycles. The molecule has 0 aliphatic rings. The highest BCUT2D eigenvalue weighted by atomic mass is 32.1. The quantitative estimate of drug-likeness (QED) is 0.791. The lowest BCUT2D eigenvalue weighted by atomic mass is 10.1. The Kier molecular flexibility index (Phi) is 3.60. The number of carbonyl (C=O) groups excluding carboxylic acids is 1. The molecule has 1 N–H and O–H groups in total. The van der Waals surface area contributed by atoms with E-state index >= 15 is 0 Å². The molecule has 1 amide bonds. The summed E-state index contributed by atoms with van der Waals surface area (Å²) in [5.41, 5.74) is 2.44. The number of rotatable bonds is 3. The summed E-state index contributed by atoms with van der Waals surface area (Å²) in [6, 6.07) is 1.98. The van der Waals surface area contributed by atoms with Gasteiger partial charge in [0, 0.05) is 16.5 Å². The Morgan fingerprint density at radius 1 is 1.24 bits per heavy atom. The minimum absolute atomic E-state index is 0.213. The minimum atomic E-state index is -0.213. The third kappa shape index (κ3) is 2.62. The van der Waals surface area contributed by atoms with Crippen LogP contribution >= 0.6 is 22.7 Å². The Hall–Kier alpha value is -1.99. The Labute approximate surface area is 129 Å². The molecule has 0 fully saturated rings. The second kappa shape index (κ2) is 5.42. The fourth-order valence-corrected chi connectivity index (χ4v) is 3.51. The molecule has 3 rings (SSSR count). The second-order valence-electron chi connectivity index (χ2n) is 4.59. The molecule has 0 aromatic carbocycles. The summed E-state index contributed by atoms with van der Waals surface area (Å²) in [6.07, 6.45) is 0. The summed E-state index contributed by atoms with van der Waals surface area (Å²) in [4.78, 5) is 12.3. The number of nitrogens with zero attached hydrogens (tertiary/aromatic N) is 2. The molecule has 0 saturated heterocycles. The van der Waals surface area contributed by atoms with Gasteiger partial charge in [0.05, 0.1) is 5.56 Å². The summed E-state index contributed by atoms with van der Waals surface area (Å²) in [7, 11) is 0. The predicted molar refractivity (Wildman–Crippen MR) is 84.1 cm³/mol. The van der Waals surface area contributed by atoms with Crippen LogP contribution in [0.1, 0.15) is 27.4 Å². The van der Waals surface area contributed by atoms with E-state index in [9.17, 15) is 4.79 Å². The first-order valence-corrected chi connectivity index (χ1v) is 8.06. The maximum Gasteiger partial charge on any atom is 0.261 e. The largest absolute Gasteiger partial charge is 0.466 e. The molecule has 108 valence electrons. The van der Waals surface area contributed by atoms with Crippen LogP contribution in [0.3, 0.4) is 0 Å². The van der Waals surface area contributed by atoms with Gasteiger partial charge in [0.15, 0.2) is 0 Å². The van der Waals surface area contributed by atoms with E-state index in [2.05, 4.69) is 15.5 Å². The van der Waals surface area contributed by atoms with E-state index in [0.717, 1.165) is 21.9 Å². The summed E-state index contributed by atoms with van der Waals surface area (Å²) in [6.45, 7) is 5.50. The van der Waals surface area contributed by atoms with Crippen molar-refractivity contribution in [2.75, 3.05) is 5.32 Å². The van der Waals surface area contributed by atoms with Crippen molar-refractivity contribution in [1.29, 1.82) is 0 Å². The molecule has 3 heterocycles. The van der Waals surface area contributed by atoms with Crippen LogP contribution in [0.4, 0.5) is 5.13 Å². The molecule has 0 aliphatic carbocycles. The van der Waals surface area contributed by atoms with Gasteiger partial charge in [-0.3, -0.25) is 10.1 Å². The number of hydrogen-bond donors (Lipinski definition) is 1. The van der Waals surface area contributed by atoms with Crippen molar-refractivity contribution in [2.45, 2.75) is 20.8 Å². The average Bonchev–Trinajstić information content (AvgIpc) is 3.11. The normalized spacial score (nSPS) is 10.8. The molecule has 0 atom stereocenters. The summed E-state index contributed by atoms with van der Waals surface area (Å²) >= 11 is 2.95. The number of hydrogen-bond acceptors (Lipinski definition) is 6. The van der Waals surface area contributed by atoms with Gasteiger partial charge in [0.2, 0.25) is 5.13 Å². The van der Waals surface area contributed by atoms with Crippen molar-refractivity contribution in [3.05, 3.63) is 39.5 Å². The molecule has 5 nitrogen and oxygen atoms in total. The van der Waals surface area contributed by atoms with E-state index in [4.69, 9.17) is 4.42 Å². The van der Waals surface area contributed by atoms with Gasteiger partial charge in [-0.25, -0.2) is 0 Å². The van der Waals surface area contributed by atoms with Crippen LogP contribution in [0.15, 0.2) is 21.2 Å². The molecule has 0 radical (unpaired) electrons. The van der Waals surface area contributed by atoms with E-state index in [1.54, 1.807) is 18.3 Å². The number of aromatic nitrogens is 2. The zero-order valence-corrected chi connectivity index (χ0v) is 13.4. The highest BCUT2D eigenvalue weighted by Crippen LogP contribution is 2.29. The van der Waals surface area contributed by atoms with Crippen LogP contribution in [0.5, 0.6) is 0 Å². The smallest absolute Gasteiger partial charge is 0.261 e. The Balaban J connectivity index is 1.82. The maximum absolute atomic E-state index is 12.3. The first kappa shape index (κ1) is 14.0. The van der Waals surface area contributed by atoms with Crippen LogP contribution in [0.25, 0.3) is 10.6 Å². The first-order valence-electron chi connectivity index (χ1n) is 6.30. The van der Waals surface area contributed by atoms with E-state index < -0.39 is 0 Å². The first-order chi connectivity index (χ1) is 10.1. The van der Waals surface area contributed by atoms with Gasteiger partial charge < -0.3 is 4.42 Å². The van der Waals surface area contributed by atoms with Gasteiger partial charge in [-0.2, -0.15) is 11.3 Å². The molecular formula is C14H13N3O2S2. The van der Waals surface area contributed by atoms with Gasteiger partial charge in [0.25, 0.3) is 5.91 Å². The van der Waals surface area contributed by atoms with Crippen molar-refractivity contribution in [2.24, 2.45) is 0 Å². The van der Waals surface area contributed by atoms with E-state index in [1.807, 2.05) is 30.7 Å². The van der Waals surface area contributed by atoms with E-state index in [1.165, 1.54) is 11.3 Å². The van der Waals surface area contributed by atoms with Crippen molar-refractivity contribution in [3.8, 4) is 10.6 Å². The summed E-state index contributed by atoms with van der Waals surface area (Å²) < 4.78 is 5.48. The molecule has 0 aliphatic heterocycles. The van der Waals surface area contributed by atoms with Crippen LogP contribution in [-0.4, -0.2) is 16.1 Å². The predicted octanol–water partition coefficient (Wildman–Crippen LogP) is 4.04. The number of anilines is 1. The lowest BCUT2D eigenvalue weighted by molar-refractivity contribution is 0.102. The third-order valence-electron chi connectivity index (χ3n) is 3.20. The Bertz CT molecular complexity index is 787. The molecule has 0 unspecified atom stereocenters. The number of nitrogens with one attached hydrogen (secondary N) is 1. The van der Waals surface area contributed by atoms with Gasteiger partial charge in [-0.15, -0.1) is 10.2 Å². The molecule has 3 aromatic rings. The third-order valence-corrected chi connectivity index (χ3v) is 4.77. The zero-order valence-electron chi connectivity index (χ0n) is 11.8. The fourth-order valence-electron chi connectivity index (χ4n) is 2.06. The highest BCUT2D eigenvalue weighted by molar-refractivity contribution is 7.19. The molecule has 0 saturated carbocycles. The van der Waals surface area contributed by atoms with Crippen LogP contribution in [0, 0.1) is 20.8 Å². The lowest BCUT2D eigenvalue weighted by Gasteiger charge is -2.00. The standard InChI is InChI=1S/C14H13N3O2S2/c1-7-8(2)19-9(3)11(7)12(18)15-14-17-16-13(21-14)10-4-5-20-6-10/h4-6H,1-3H3,(H,15,17,18). The molecule has 21 heavy (non-hydrogen) atoms. The summed E-state index contributed by atoms with van der Waals surface area (Å²) in [5.74, 6) is 1.16. The van der Waals surface area contributed by atoms with Gasteiger partial charge in [-0.1, -0.05) is 11.3 Å². The van der Waals surface area contributed by atoms with Crippen molar-refractivity contribution < 1.29 is 9.21 Å². The van der Waals surface area contributed by atoms with Crippen molar-refractivity contribution in [1.82, 2.24) is 10.2 Å². The molecule has 0 bridgehead atoms. The van der Waals surface area contributed by atoms with E-state index in [0.29, 0.717) is 16.5 Å². The molecule has 0 spiro atoms. The van der Waals surface area contributed by atoms with Crippen LogP contribution < -0.4 is 5.32 Å². The zero-order chi connectivity index (χ0) is 15.0. The highest BCUT2D eigenvalue weighted by Gasteiger charge is 2.20. The minimum Gasteiger partial charge on any atom is -0.466 e. The number of thiophene rings is 1. The second-order valence-corrected chi connectivity index (χ2v) is 6.35. The van der Waals surface area contributed by atoms with Gasteiger partial charge in [-0.05, 0) is 32.2 Å². The topological polar surface area (TPSA) is 68.0 Å². The SMILES string of the molecule is Cc1oc(C)c(C(=O)Nc2nnc(-c3ccsc3)s2)c1C. The van der Waals surface area contributed by atoms with Gasteiger partial charge >= 0.3 is 0 Å². The Morgan fingerprint density at radius 2 is 2.05 bits per heavy atom. The maximum atomic E-state index is 12.3. The summed E-state index contributed by atoms with van der Waals surface area (Å²) in [5, 5.41) is 16.2. The number of aryl methyl sites for hydroxylation is 2. The Morgan fingerprint density at radius 3 is 2.67 bits per heavy atom. The van der Waals surface area contributed by atoms with E-state index in [-0.39, 0.29) is 5.91 Å². The number of furan rings is 1. The lowest BCUT2D eigenvalue weighted by Crippen LogP contribution is -2.13. The van der Waals surface area contributed by atoms with Crippen LogP contribution in [-0.2, 0) is 0 Å². The fraction of sp³-hybridized carbons (Fsp3) is 0.214.